The van der Waals surface area contributed by atoms with Crippen molar-refractivity contribution < 1.29 is 13.9 Å². The molecule has 1 aromatic carbocycles. The number of nitrogens with one attached hydrogen (secondary N) is 1. The van der Waals surface area contributed by atoms with E-state index in [0.717, 1.165) is 25.1 Å². The van der Waals surface area contributed by atoms with Gasteiger partial charge in [-0.05, 0) is 19.0 Å². The molecule has 0 unspecified atom stereocenters. The van der Waals surface area contributed by atoms with Crippen molar-refractivity contribution in [1.82, 2.24) is 10.3 Å². The Bertz CT molecular complexity index is 724. The van der Waals surface area contributed by atoms with E-state index in [9.17, 15) is 4.39 Å². The van der Waals surface area contributed by atoms with Crippen molar-refractivity contribution in [1.29, 1.82) is 0 Å². The number of ether oxygens (including phenoxy) is 2. The van der Waals surface area contributed by atoms with Crippen molar-refractivity contribution in [3.8, 4) is 11.5 Å². The maximum Gasteiger partial charge on any atom is 0.165 e. The van der Waals surface area contributed by atoms with Crippen LogP contribution in [0.25, 0.3) is 0 Å². The molecular weight excluding hydrogens is 354 g/mol. The Morgan fingerprint density at radius 1 is 1.25 bits per heavy atom. The Morgan fingerprint density at radius 2 is 2.08 bits per heavy atom. The summed E-state index contributed by atoms with van der Waals surface area (Å²) in [5.41, 5.74) is 0.841. The van der Waals surface area contributed by atoms with Crippen LogP contribution in [0.4, 0.5) is 4.39 Å². The lowest BCUT2D eigenvalue weighted by Gasteiger charge is -2.25. The van der Waals surface area contributed by atoms with Crippen molar-refractivity contribution in [2.75, 3.05) is 20.2 Å². The van der Waals surface area contributed by atoms with Crippen LogP contribution in [0.1, 0.15) is 18.1 Å². The largest absolute Gasteiger partial charge is 0.493 e. The van der Waals surface area contributed by atoms with E-state index in [0.29, 0.717) is 16.5 Å². The molecule has 0 spiro atoms. The highest BCUT2D eigenvalue weighted by Crippen LogP contribution is 2.38. The van der Waals surface area contributed by atoms with Gasteiger partial charge in [0.2, 0.25) is 0 Å². The molecule has 7 heteroatoms. The predicted octanol–water partition coefficient (Wildman–Crippen LogP) is 4.27. The Kier molecular flexibility index (Phi) is 5.43. The van der Waals surface area contributed by atoms with Gasteiger partial charge < -0.3 is 14.8 Å². The fourth-order valence-corrected chi connectivity index (χ4v) is 3.19. The molecule has 128 valence electrons. The first-order valence-electron chi connectivity index (χ1n) is 7.59. The summed E-state index contributed by atoms with van der Waals surface area (Å²) in [4.78, 5) is 4.13. The molecule has 0 bridgehead atoms. The standard InChI is InChI=1S/C17H17Cl2FN2O2/c1-23-15-5-13(19)14(20)6-16(15)24-17(10-2-3-21-7-10)11-4-12(18)9-22-8-11/h4-6,8-10,17,21H,2-3,7H2,1H3/t10-,17+/m0/s1. The molecule has 2 aromatic rings. The first kappa shape index (κ1) is 17.3. The van der Waals surface area contributed by atoms with E-state index in [1.165, 1.54) is 19.2 Å². The lowest BCUT2D eigenvalue weighted by atomic mass is 9.96. The molecule has 0 saturated carbocycles. The zero-order valence-corrected chi connectivity index (χ0v) is 14.6. The second-order valence-corrected chi connectivity index (χ2v) is 6.49. The number of pyridine rings is 1. The monoisotopic (exact) mass is 370 g/mol. The van der Waals surface area contributed by atoms with E-state index in [4.69, 9.17) is 32.7 Å². The summed E-state index contributed by atoms with van der Waals surface area (Å²) in [5.74, 6) is 0.345. The van der Waals surface area contributed by atoms with Crippen LogP contribution in [0, 0.1) is 11.7 Å². The molecule has 1 aliphatic rings. The van der Waals surface area contributed by atoms with Gasteiger partial charge in [0.25, 0.3) is 0 Å². The van der Waals surface area contributed by atoms with Gasteiger partial charge in [0, 0.05) is 42.6 Å². The number of nitrogens with zero attached hydrogens (tertiary/aromatic N) is 1. The van der Waals surface area contributed by atoms with Gasteiger partial charge in [-0.3, -0.25) is 4.98 Å². The summed E-state index contributed by atoms with van der Waals surface area (Å²) >= 11 is 11.9. The van der Waals surface area contributed by atoms with Crippen molar-refractivity contribution in [2.45, 2.75) is 12.5 Å². The number of benzene rings is 1. The van der Waals surface area contributed by atoms with Crippen LogP contribution < -0.4 is 14.8 Å². The number of halogens is 3. The minimum atomic E-state index is -0.556. The normalized spacial score (nSPS) is 18.4. The minimum Gasteiger partial charge on any atom is -0.493 e. The second kappa shape index (κ2) is 7.55. The van der Waals surface area contributed by atoms with E-state index in [1.54, 1.807) is 12.4 Å². The van der Waals surface area contributed by atoms with E-state index < -0.39 is 5.82 Å². The number of hydrogen-bond acceptors (Lipinski definition) is 4. The molecule has 1 aliphatic heterocycles. The molecule has 2 heterocycles. The van der Waals surface area contributed by atoms with Crippen molar-refractivity contribution in [3.63, 3.8) is 0 Å². The number of hydrogen-bond donors (Lipinski definition) is 1. The quantitative estimate of drug-likeness (QED) is 0.853. The van der Waals surface area contributed by atoms with E-state index >= 15 is 0 Å². The highest BCUT2D eigenvalue weighted by Gasteiger charge is 2.29. The Morgan fingerprint density at radius 3 is 2.75 bits per heavy atom. The van der Waals surface area contributed by atoms with Crippen molar-refractivity contribution >= 4 is 23.2 Å². The minimum absolute atomic E-state index is 0.0114. The lowest BCUT2D eigenvalue weighted by Crippen LogP contribution is -2.22. The molecule has 2 atom stereocenters. The molecule has 3 rings (SSSR count). The first-order valence-corrected chi connectivity index (χ1v) is 8.35. The van der Waals surface area contributed by atoms with Crippen LogP contribution in [0.2, 0.25) is 10.0 Å². The Balaban J connectivity index is 1.96. The van der Waals surface area contributed by atoms with Gasteiger partial charge >= 0.3 is 0 Å². The summed E-state index contributed by atoms with van der Waals surface area (Å²) in [7, 11) is 1.49. The van der Waals surface area contributed by atoms with Crippen LogP contribution >= 0.6 is 23.2 Å². The van der Waals surface area contributed by atoms with E-state index in [1.807, 2.05) is 6.07 Å². The van der Waals surface area contributed by atoms with Gasteiger partial charge in [0.1, 0.15) is 11.9 Å². The Hall–Kier alpha value is -1.56. The average molecular weight is 371 g/mol. The number of rotatable bonds is 5. The van der Waals surface area contributed by atoms with Crippen LogP contribution in [-0.4, -0.2) is 25.2 Å². The number of aromatic nitrogens is 1. The predicted molar refractivity (Wildman–Crippen MR) is 91.6 cm³/mol. The molecule has 0 aliphatic carbocycles. The summed E-state index contributed by atoms with van der Waals surface area (Å²) in [6.45, 7) is 1.71. The molecule has 24 heavy (non-hydrogen) atoms. The molecule has 1 saturated heterocycles. The topological polar surface area (TPSA) is 43.4 Å². The van der Waals surface area contributed by atoms with Crippen LogP contribution in [0.5, 0.6) is 11.5 Å². The maximum absolute atomic E-state index is 13.9. The first-order chi connectivity index (χ1) is 11.6. The summed E-state index contributed by atoms with van der Waals surface area (Å²) in [6, 6.07) is 4.47. The highest BCUT2D eigenvalue weighted by molar-refractivity contribution is 6.31. The zero-order valence-electron chi connectivity index (χ0n) is 13.1. The molecule has 1 fully saturated rings. The van der Waals surface area contributed by atoms with Gasteiger partial charge in [0.15, 0.2) is 11.5 Å². The maximum atomic E-state index is 13.9. The molecule has 1 N–H and O–H groups in total. The average Bonchev–Trinajstić information content (AvgIpc) is 3.09. The zero-order chi connectivity index (χ0) is 17.1. The second-order valence-electron chi connectivity index (χ2n) is 5.64. The summed E-state index contributed by atoms with van der Waals surface area (Å²) in [6.07, 6.45) is 3.90. The molecule has 0 radical (unpaired) electrons. The van der Waals surface area contributed by atoms with Gasteiger partial charge in [-0.2, -0.15) is 0 Å². The summed E-state index contributed by atoms with van der Waals surface area (Å²) < 4.78 is 25.3. The Labute approximate surface area is 149 Å². The van der Waals surface area contributed by atoms with Crippen LogP contribution in [0.3, 0.4) is 0 Å². The molecular formula is C17H17Cl2FN2O2. The van der Waals surface area contributed by atoms with Gasteiger partial charge in [-0.1, -0.05) is 23.2 Å². The third-order valence-corrected chi connectivity index (χ3v) is 4.54. The molecule has 4 nitrogen and oxygen atoms in total. The van der Waals surface area contributed by atoms with Crippen molar-refractivity contribution in [2.24, 2.45) is 5.92 Å². The lowest BCUT2D eigenvalue weighted by molar-refractivity contribution is 0.138. The van der Waals surface area contributed by atoms with Gasteiger partial charge in [0.05, 0.1) is 17.2 Å². The SMILES string of the molecule is COc1cc(Cl)c(F)cc1O[C@@H](c1cncc(Cl)c1)[C@H]1CCNC1. The smallest absolute Gasteiger partial charge is 0.165 e. The fourth-order valence-electron chi connectivity index (χ4n) is 2.85. The van der Waals surface area contributed by atoms with E-state index in [2.05, 4.69) is 10.3 Å². The third-order valence-electron chi connectivity index (χ3n) is 4.04. The van der Waals surface area contributed by atoms with Crippen LogP contribution in [0.15, 0.2) is 30.6 Å². The fraction of sp³-hybridized carbons (Fsp3) is 0.353. The third kappa shape index (κ3) is 3.74. The van der Waals surface area contributed by atoms with E-state index in [-0.39, 0.29) is 17.0 Å². The van der Waals surface area contributed by atoms with Gasteiger partial charge in [-0.15, -0.1) is 0 Å². The molecule has 1 aromatic heterocycles. The van der Waals surface area contributed by atoms with Crippen molar-refractivity contribution in [3.05, 3.63) is 52.0 Å². The van der Waals surface area contributed by atoms with Gasteiger partial charge in [-0.25, -0.2) is 4.39 Å². The summed E-state index contributed by atoms with van der Waals surface area (Å²) in [5, 5.41) is 3.83. The highest BCUT2D eigenvalue weighted by atomic mass is 35.5. The van der Waals surface area contributed by atoms with Crippen LogP contribution in [-0.2, 0) is 0 Å². The number of methoxy groups -OCH3 is 1. The molecule has 0 amide bonds.